The van der Waals surface area contributed by atoms with Gasteiger partial charge in [0.25, 0.3) is 5.56 Å². The zero-order chi connectivity index (χ0) is 27.7. The summed E-state index contributed by atoms with van der Waals surface area (Å²) in [5.74, 6) is -1.09. The van der Waals surface area contributed by atoms with E-state index in [1.165, 1.54) is 9.47 Å². The van der Waals surface area contributed by atoms with Crippen LogP contribution in [0.25, 0.3) is 0 Å². The number of carbonyl (C=O) groups excluding carboxylic acids is 2. The second kappa shape index (κ2) is 11.2. The molecule has 0 radical (unpaired) electrons. The monoisotopic (exact) mass is 591 g/mol. The summed E-state index contributed by atoms with van der Waals surface area (Å²) in [6.45, 7) is 0.692. The normalized spacial score (nSPS) is 19.0. The quantitative estimate of drug-likeness (QED) is 0.403. The number of halogens is 1. The van der Waals surface area contributed by atoms with Crippen molar-refractivity contribution in [2.24, 2.45) is 13.0 Å². The van der Waals surface area contributed by atoms with Crippen LogP contribution in [0.4, 0.5) is 4.79 Å². The number of ketones is 1. The van der Waals surface area contributed by atoms with Crippen molar-refractivity contribution < 1.29 is 19.5 Å². The van der Waals surface area contributed by atoms with E-state index in [4.69, 9.17) is 0 Å². The third kappa shape index (κ3) is 5.98. The summed E-state index contributed by atoms with van der Waals surface area (Å²) in [6, 6.07) is 18.0. The molecule has 2 aliphatic rings. The molecule has 1 aliphatic carbocycles. The van der Waals surface area contributed by atoms with Gasteiger partial charge in [-0.15, -0.1) is 0 Å². The topological polar surface area (TPSA) is 99.9 Å². The molecule has 2 fully saturated rings. The van der Waals surface area contributed by atoms with E-state index in [2.05, 4.69) is 15.9 Å². The summed E-state index contributed by atoms with van der Waals surface area (Å²) in [5.41, 5.74) is 2.53. The minimum absolute atomic E-state index is 0.0641. The van der Waals surface area contributed by atoms with Crippen LogP contribution in [0.1, 0.15) is 52.2 Å². The highest BCUT2D eigenvalue weighted by atomic mass is 79.9. The number of piperidine rings is 1. The summed E-state index contributed by atoms with van der Waals surface area (Å²) < 4.78 is 2.22. The first-order chi connectivity index (χ1) is 18.7. The van der Waals surface area contributed by atoms with Gasteiger partial charge < -0.3 is 19.5 Å². The van der Waals surface area contributed by atoms with Crippen molar-refractivity contribution in [1.82, 2.24) is 14.4 Å². The number of hydrogen-bond donors (Lipinski definition) is 1. The fourth-order valence-corrected chi connectivity index (χ4v) is 5.92. The second-order valence-corrected chi connectivity index (χ2v) is 11.3. The maximum absolute atomic E-state index is 14.2. The Bertz CT molecular complexity index is 1470. The Morgan fingerprint density at radius 2 is 1.74 bits per heavy atom. The molecule has 2 heterocycles. The van der Waals surface area contributed by atoms with Gasteiger partial charge in [0.05, 0.1) is 5.92 Å². The fraction of sp³-hybridized carbons (Fsp3) is 0.333. The molecule has 1 aliphatic heterocycles. The van der Waals surface area contributed by atoms with E-state index < -0.39 is 12.0 Å². The largest absolute Gasteiger partial charge is 0.465 e. The van der Waals surface area contributed by atoms with Gasteiger partial charge in [-0.3, -0.25) is 14.4 Å². The van der Waals surface area contributed by atoms with Crippen LogP contribution < -0.4 is 5.56 Å². The number of benzene rings is 2. The maximum Gasteiger partial charge on any atom is 0.407 e. The summed E-state index contributed by atoms with van der Waals surface area (Å²) in [5, 5.41) is 9.69. The number of carbonyl (C=O) groups is 3. The number of carboxylic acid groups (broad SMARTS) is 1. The van der Waals surface area contributed by atoms with Crippen molar-refractivity contribution in [3.8, 4) is 0 Å². The number of rotatable bonds is 7. The summed E-state index contributed by atoms with van der Waals surface area (Å²) >= 11 is 3.53. The Labute approximate surface area is 235 Å². The van der Waals surface area contributed by atoms with Crippen LogP contribution in [0.3, 0.4) is 0 Å². The lowest BCUT2D eigenvalue weighted by atomic mass is 9.79. The van der Waals surface area contributed by atoms with Crippen molar-refractivity contribution in [2.45, 2.75) is 37.8 Å². The summed E-state index contributed by atoms with van der Waals surface area (Å²) in [7, 11) is 1.67. The molecule has 2 unspecified atom stereocenters. The van der Waals surface area contributed by atoms with Gasteiger partial charge in [-0.1, -0.05) is 46.3 Å². The molecule has 5 rings (SSSR count). The van der Waals surface area contributed by atoms with Crippen molar-refractivity contribution in [1.29, 1.82) is 0 Å². The van der Waals surface area contributed by atoms with E-state index in [1.807, 2.05) is 41.3 Å². The highest BCUT2D eigenvalue weighted by molar-refractivity contribution is 9.10. The smallest absolute Gasteiger partial charge is 0.407 e. The zero-order valence-electron chi connectivity index (χ0n) is 21.6. The third-order valence-corrected chi connectivity index (χ3v) is 8.09. The maximum atomic E-state index is 14.2. The number of amides is 2. The minimum Gasteiger partial charge on any atom is -0.465 e. The Balaban J connectivity index is 1.44. The molecule has 9 heteroatoms. The summed E-state index contributed by atoms with van der Waals surface area (Å²) in [6.07, 6.45) is 2.85. The predicted molar refractivity (Wildman–Crippen MR) is 150 cm³/mol. The number of hydrogen-bond acceptors (Lipinski definition) is 4. The predicted octanol–water partition coefficient (Wildman–Crippen LogP) is 4.65. The molecule has 1 saturated heterocycles. The molecule has 8 nitrogen and oxygen atoms in total. The second-order valence-electron chi connectivity index (χ2n) is 10.4. The molecular formula is C30H30BrN3O5. The standard InChI is InChI=1S/C30H30BrN3O5/c1-32-11-9-21(16-27(32)35)25-10-12-33(30(38)39)18-26(25)29(37)34(24-7-8-24)17-19-13-22(15-23(31)14-19)28(36)20-5-3-2-4-6-20/h2-6,9,11,13-16,24-26H,7-8,10,12,17-18H2,1H3,(H,38,39). The molecule has 0 spiro atoms. The van der Waals surface area contributed by atoms with E-state index in [-0.39, 0.29) is 35.8 Å². The van der Waals surface area contributed by atoms with Gasteiger partial charge in [-0.05, 0) is 60.6 Å². The van der Waals surface area contributed by atoms with E-state index >= 15 is 0 Å². The fourth-order valence-electron chi connectivity index (χ4n) is 5.38. The Hall–Kier alpha value is -3.72. The lowest BCUT2D eigenvalue weighted by Gasteiger charge is -2.39. The lowest BCUT2D eigenvalue weighted by molar-refractivity contribution is -0.139. The number of nitrogens with zero attached hydrogens (tertiary/aromatic N) is 3. The molecule has 0 bridgehead atoms. The van der Waals surface area contributed by atoms with Gasteiger partial charge in [0.15, 0.2) is 5.78 Å². The van der Waals surface area contributed by atoms with Crippen LogP contribution >= 0.6 is 15.9 Å². The Morgan fingerprint density at radius 3 is 2.41 bits per heavy atom. The summed E-state index contributed by atoms with van der Waals surface area (Å²) in [4.78, 5) is 54.6. The van der Waals surface area contributed by atoms with Crippen LogP contribution in [-0.2, 0) is 18.4 Å². The molecular weight excluding hydrogens is 562 g/mol. The molecule has 3 aromatic rings. The highest BCUT2D eigenvalue weighted by Crippen LogP contribution is 2.38. The van der Waals surface area contributed by atoms with Crippen LogP contribution in [0.2, 0.25) is 0 Å². The number of pyridine rings is 1. The van der Waals surface area contributed by atoms with Crippen molar-refractivity contribution in [3.05, 3.63) is 104 Å². The first-order valence-corrected chi connectivity index (χ1v) is 13.8. The van der Waals surface area contributed by atoms with Crippen molar-refractivity contribution in [2.75, 3.05) is 13.1 Å². The van der Waals surface area contributed by atoms with Crippen molar-refractivity contribution in [3.63, 3.8) is 0 Å². The Kier molecular flexibility index (Phi) is 7.70. The van der Waals surface area contributed by atoms with E-state index in [0.717, 1.165) is 28.4 Å². The molecule has 202 valence electrons. The van der Waals surface area contributed by atoms with Crippen LogP contribution in [-0.4, -0.2) is 56.4 Å². The van der Waals surface area contributed by atoms with Crippen LogP contribution in [0, 0.1) is 5.92 Å². The third-order valence-electron chi connectivity index (χ3n) is 7.64. The number of likely N-dealkylation sites (tertiary alicyclic amines) is 1. The van der Waals surface area contributed by atoms with Crippen LogP contribution in [0.5, 0.6) is 0 Å². The number of aryl methyl sites for hydroxylation is 1. The molecule has 2 amide bonds. The van der Waals surface area contributed by atoms with Gasteiger partial charge in [-0.2, -0.15) is 0 Å². The zero-order valence-corrected chi connectivity index (χ0v) is 23.2. The SMILES string of the molecule is Cn1ccc(C2CCN(C(=O)O)CC2C(=O)N(Cc2cc(Br)cc(C(=O)c3ccccc3)c2)C2CC2)cc1=O. The first kappa shape index (κ1) is 26.9. The van der Waals surface area contributed by atoms with Gasteiger partial charge in [-0.25, -0.2) is 4.79 Å². The molecule has 1 aromatic heterocycles. The molecule has 2 aromatic carbocycles. The van der Waals surface area contributed by atoms with Crippen molar-refractivity contribution >= 4 is 33.7 Å². The minimum atomic E-state index is -1.05. The lowest BCUT2D eigenvalue weighted by Crippen LogP contribution is -2.50. The first-order valence-electron chi connectivity index (χ1n) is 13.1. The van der Waals surface area contributed by atoms with Gasteiger partial charge in [0.2, 0.25) is 5.91 Å². The van der Waals surface area contributed by atoms with Gasteiger partial charge >= 0.3 is 6.09 Å². The average molecular weight is 592 g/mol. The average Bonchev–Trinajstić information content (AvgIpc) is 3.78. The number of aromatic nitrogens is 1. The highest BCUT2D eigenvalue weighted by Gasteiger charge is 2.42. The molecule has 1 saturated carbocycles. The van der Waals surface area contributed by atoms with Gasteiger partial charge in [0.1, 0.15) is 0 Å². The Morgan fingerprint density at radius 1 is 1.00 bits per heavy atom. The van der Waals surface area contributed by atoms with E-state index in [0.29, 0.717) is 30.6 Å². The molecule has 2 atom stereocenters. The van der Waals surface area contributed by atoms with Gasteiger partial charge in [0, 0.05) is 60.6 Å². The molecule has 39 heavy (non-hydrogen) atoms. The van der Waals surface area contributed by atoms with E-state index in [1.54, 1.807) is 37.5 Å². The van der Waals surface area contributed by atoms with Crippen LogP contribution in [0.15, 0.2) is 76.1 Å². The molecule has 1 N–H and O–H groups in total. The van der Waals surface area contributed by atoms with E-state index in [9.17, 15) is 24.3 Å².